The van der Waals surface area contributed by atoms with Gasteiger partial charge in [0.05, 0.1) is 11.5 Å². The number of thioether (sulfide) groups is 1. The number of halogens is 1. The van der Waals surface area contributed by atoms with Crippen molar-refractivity contribution in [1.82, 2.24) is 5.32 Å². The molecule has 0 aromatic heterocycles. The van der Waals surface area contributed by atoms with E-state index in [4.69, 9.17) is 16.7 Å². The molecule has 4 nitrogen and oxygen atoms in total. The highest BCUT2D eigenvalue weighted by Crippen LogP contribution is 2.63. The number of carbonyl (C=O) groups is 2. The minimum absolute atomic E-state index is 0.0203. The van der Waals surface area contributed by atoms with Crippen LogP contribution >= 0.6 is 23.4 Å². The van der Waals surface area contributed by atoms with Gasteiger partial charge >= 0.3 is 5.97 Å². The molecule has 2 atom stereocenters. The fourth-order valence-corrected chi connectivity index (χ4v) is 6.39. The third-order valence-electron chi connectivity index (χ3n) is 5.23. The van der Waals surface area contributed by atoms with Gasteiger partial charge in [-0.25, -0.2) is 0 Å². The Labute approximate surface area is 134 Å². The Hall–Kier alpha value is -0.420. The van der Waals surface area contributed by atoms with Gasteiger partial charge < -0.3 is 10.4 Å². The molecule has 4 fully saturated rings. The van der Waals surface area contributed by atoms with Crippen molar-refractivity contribution in [2.75, 3.05) is 18.1 Å². The fourth-order valence-electron chi connectivity index (χ4n) is 5.11. The molecule has 0 aromatic rings. The van der Waals surface area contributed by atoms with E-state index in [9.17, 15) is 9.59 Å². The number of alkyl halides is 1. The number of hydrogen-bond donors (Lipinski definition) is 2. The van der Waals surface area contributed by atoms with E-state index in [1.54, 1.807) is 0 Å². The average Bonchev–Trinajstić information content (AvgIpc) is 2.33. The van der Waals surface area contributed by atoms with Gasteiger partial charge in [0.15, 0.2) is 0 Å². The van der Waals surface area contributed by atoms with Gasteiger partial charge in [0, 0.05) is 11.4 Å². The highest BCUT2D eigenvalue weighted by Gasteiger charge is 2.56. The van der Waals surface area contributed by atoms with E-state index in [0.29, 0.717) is 6.54 Å². The molecule has 0 aliphatic heterocycles. The number of carbonyl (C=O) groups excluding carboxylic acids is 1. The molecule has 0 radical (unpaired) electrons. The number of amides is 1. The van der Waals surface area contributed by atoms with Crippen LogP contribution in [0, 0.1) is 17.3 Å². The molecule has 2 N–H and O–H groups in total. The highest BCUT2D eigenvalue weighted by molar-refractivity contribution is 8.00. The molecular weight excluding hydrogens is 310 g/mol. The standard InChI is InChI=1S/C15H22ClNO3S/c16-15-4-10-1-11(5-15)3-14(2-10,8-15)9-17-12(18)6-21-7-13(19)20/h10-11H,1-9H2,(H,17,18)(H,19,20). The molecule has 0 saturated heterocycles. The van der Waals surface area contributed by atoms with Crippen LogP contribution in [0.15, 0.2) is 0 Å². The molecule has 118 valence electrons. The first-order valence-electron chi connectivity index (χ1n) is 7.63. The van der Waals surface area contributed by atoms with Gasteiger partial charge in [0.25, 0.3) is 0 Å². The second kappa shape index (κ2) is 5.65. The second-order valence-corrected chi connectivity index (χ2v) is 9.06. The van der Waals surface area contributed by atoms with Crippen LogP contribution in [0.1, 0.15) is 38.5 Å². The van der Waals surface area contributed by atoms with Crippen LogP contribution in [-0.2, 0) is 9.59 Å². The molecule has 0 heterocycles. The maximum atomic E-state index is 11.8. The van der Waals surface area contributed by atoms with Crippen LogP contribution in [0.25, 0.3) is 0 Å². The Morgan fingerprint density at radius 3 is 2.43 bits per heavy atom. The lowest BCUT2D eigenvalue weighted by molar-refractivity contribution is -0.133. The Morgan fingerprint density at radius 2 is 1.86 bits per heavy atom. The number of aliphatic carboxylic acids is 1. The van der Waals surface area contributed by atoms with Crippen LogP contribution in [-0.4, -0.2) is 39.9 Å². The van der Waals surface area contributed by atoms with E-state index in [2.05, 4.69) is 5.32 Å². The van der Waals surface area contributed by atoms with Gasteiger partial charge in [-0.1, -0.05) is 0 Å². The molecular formula is C15H22ClNO3S. The molecule has 4 aliphatic carbocycles. The number of carboxylic acids is 1. The van der Waals surface area contributed by atoms with Gasteiger partial charge in [-0.15, -0.1) is 23.4 Å². The van der Waals surface area contributed by atoms with Gasteiger partial charge in [0.1, 0.15) is 0 Å². The molecule has 2 unspecified atom stereocenters. The van der Waals surface area contributed by atoms with Crippen molar-refractivity contribution in [1.29, 1.82) is 0 Å². The summed E-state index contributed by atoms with van der Waals surface area (Å²) in [5.74, 6) is 0.747. The zero-order chi connectivity index (χ0) is 15.1. The smallest absolute Gasteiger partial charge is 0.313 e. The summed E-state index contributed by atoms with van der Waals surface area (Å²) in [4.78, 5) is 22.3. The van der Waals surface area contributed by atoms with E-state index in [1.807, 2.05) is 0 Å². The minimum Gasteiger partial charge on any atom is -0.481 e. The number of carboxylic acid groups (broad SMARTS) is 1. The van der Waals surface area contributed by atoms with Gasteiger partial charge in [-0.05, 0) is 55.8 Å². The summed E-state index contributed by atoms with van der Waals surface area (Å²) in [5, 5.41) is 11.6. The third kappa shape index (κ3) is 3.50. The minimum atomic E-state index is -0.877. The van der Waals surface area contributed by atoms with Crippen molar-refractivity contribution < 1.29 is 14.7 Å². The molecule has 4 aliphatic rings. The van der Waals surface area contributed by atoms with Gasteiger partial charge in [-0.3, -0.25) is 9.59 Å². The van der Waals surface area contributed by atoms with Crippen molar-refractivity contribution in [2.45, 2.75) is 43.4 Å². The van der Waals surface area contributed by atoms with Crippen LogP contribution in [0.5, 0.6) is 0 Å². The molecule has 1 amide bonds. The summed E-state index contributed by atoms with van der Waals surface area (Å²) in [6.45, 7) is 0.709. The summed E-state index contributed by atoms with van der Waals surface area (Å²) in [6, 6.07) is 0. The second-order valence-electron chi connectivity index (χ2n) is 7.28. The first kappa shape index (κ1) is 15.5. The van der Waals surface area contributed by atoms with Crippen molar-refractivity contribution in [3.63, 3.8) is 0 Å². The van der Waals surface area contributed by atoms with E-state index in [0.717, 1.165) is 42.9 Å². The van der Waals surface area contributed by atoms with Crippen molar-refractivity contribution in [3.8, 4) is 0 Å². The quantitative estimate of drug-likeness (QED) is 0.734. The fraction of sp³-hybridized carbons (Fsp3) is 0.867. The maximum Gasteiger partial charge on any atom is 0.313 e. The van der Waals surface area contributed by atoms with Gasteiger partial charge in [0.2, 0.25) is 5.91 Å². The van der Waals surface area contributed by atoms with E-state index in [-0.39, 0.29) is 27.7 Å². The number of rotatable bonds is 6. The Balaban J connectivity index is 1.51. The number of nitrogens with one attached hydrogen (secondary N) is 1. The van der Waals surface area contributed by atoms with Crippen molar-refractivity contribution in [2.24, 2.45) is 17.3 Å². The number of hydrogen-bond acceptors (Lipinski definition) is 3. The SMILES string of the molecule is O=C(O)CSCC(=O)NCC12CC3CC(CC(Cl)(C3)C1)C2. The van der Waals surface area contributed by atoms with Crippen molar-refractivity contribution >= 4 is 35.2 Å². The van der Waals surface area contributed by atoms with Crippen LogP contribution in [0.2, 0.25) is 0 Å². The first-order valence-corrected chi connectivity index (χ1v) is 9.17. The van der Waals surface area contributed by atoms with Crippen molar-refractivity contribution in [3.05, 3.63) is 0 Å². The molecule has 4 saturated carbocycles. The molecule has 21 heavy (non-hydrogen) atoms. The molecule has 0 aromatic carbocycles. The van der Waals surface area contributed by atoms with E-state index >= 15 is 0 Å². The lowest BCUT2D eigenvalue weighted by Gasteiger charge is -2.60. The Kier molecular flexibility index (Phi) is 4.17. The lowest BCUT2D eigenvalue weighted by atomic mass is 9.49. The molecule has 6 heteroatoms. The Bertz CT molecular complexity index is 442. The summed E-state index contributed by atoms with van der Waals surface area (Å²) in [7, 11) is 0. The average molecular weight is 332 g/mol. The summed E-state index contributed by atoms with van der Waals surface area (Å²) >= 11 is 7.92. The maximum absolute atomic E-state index is 11.8. The largest absolute Gasteiger partial charge is 0.481 e. The summed E-state index contributed by atoms with van der Waals surface area (Å²) < 4.78 is 0. The third-order valence-corrected chi connectivity index (χ3v) is 6.59. The van der Waals surface area contributed by atoms with Crippen LogP contribution in [0.4, 0.5) is 0 Å². The van der Waals surface area contributed by atoms with Gasteiger partial charge in [-0.2, -0.15) is 0 Å². The summed E-state index contributed by atoms with van der Waals surface area (Å²) in [6.07, 6.45) is 7.03. The summed E-state index contributed by atoms with van der Waals surface area (Å²) in [5.41, 5.74) is 0.193. The topological polar surface area (TPSA) is 66.4 Å². The normalized spacial score (nSPS) is 40.2. The van der Waals surface area contributed by atoms with E-state index in [1.165, 1.54) is 19.3 Å². The predicted octanol–water partition coefficient (Wildman–Crippen LogP) is 2.50. The highest BCUT2D eigenvalue weighted by atomic mass is 35.5. The molecule has 0 spiro atoms. The zero-order valence-corrected chi connectivity index (χ0v) is 13.6. The monoisotopic (exact) mass is 331 g/mol. The van der Waals surface area contributed by atoms with Crippen LogP contribution < -0.4 is 5.32 Å². The van der Waals surface area contributed by atoms with Crippen LogP contribution in [0.3, 0.4) is 0 Å². The Morgan fingerprint density at radius 1 is 1.19 bits per heavy atom. The van der Waals surface area contributed by atoms with E-state index < -0.39 is 5.97 Å². The lowest BCUT2D eigenvalue weighted by Crippen LogP contribution is -2.56. The predicted molar refractivity (Wildman–Crippen MR) is 83.7 cm³/mol. The molecule has 4 rings (SSSR count). The zero-order valence-electron chi connectivity index (χ0n) is 12.1. The molecule has 4 bridgehead atoms. The first-order chi connectivity index (χ1) is 9.88.